The summed E-state index contributed by atoms with van der Waals surface area (Å²) in [6.45, 7) is 1.97. The van der Waals surface area contributed by atoms with Crippen LogP contribution in [0.4, 0.5) is 0 Å². The lowest BCUT2D eigenvalue weighted by Crippen LogP contribution is -2.19. The molecule has 2 heterocycles. The van der Waals surface area contributed by atoms with E-state index >= 15 is 0 Å². The molecule has 5 nitrogen and oxygen atoms in total. The van der Waals surface area contributed by atoms with Crippen LogP contribution < -0.4 is 10.5 Å². The molecule has 2 aromatic rings. The van der Waals surface area contributed by atoms with Gasteiger partial charge in [-0.2, -0.15) is 10.1 Å². The fourth-order valence-electron chi connectivity index (χ4n) is 1.61. The molecular formula is C10H14N4O. The van der Waals surface area contributed by atoms with Gasteiger partial charge in [-0.15, -0.1) is 0 Å². The summed E-state index contributed by atoms with van der Waals surface area (Å²) >= 11 is 0. The van der Waals surface area contributed by atoms with E-state index in [9.17, 15) is 0 Å². The molecule has 1 atom stereocenters. The molecule has 0 aliphatic carbocycles. The fourth-order valence-corrected chi connectivity index (χ4v) is 1.61. The molecule has 0 aromatic carbocycles. The SMILES string of the molecule is COc1ncnn2c(CC(C)N)ccc12. The van der Waals surface area contributed by atoms with E-state index in [0.29, 0.717) is 5.88 Å². The first-order valence-electron chi connectivity index (χ1n) is 4.83. The molecule has 0 aliphatic heterocycles. The Labute approximate surface area is 87.9 Å². The lowest BCUT2D eigenvalue weighted by Gasteiger charge is -2.05. The number of fused-ring (bicyclic) bond motifs is 1. The normalized spacial score (nSPS) is 13.0. The van der Waals surface area contributed by atoms with Gasteiger partial charge in [0, 0.05) is 18.2 Å². The second-order valence-corrected chi connectivity index (χ2v) is 3.57. The van der Waals surface area contributed by atoms with E-state index in [2.05, 4.69) is 10.1 Å². The Balaban J connectivity index is 2.51. The summed E-state index contributed by atoms with van der Waals surface area (Å²) in [6.07, 6.45) is 2.27. The van der Waals surface area contributed by atoms with E-state index in [1.165, 1.54) is 6.33 Å². The molecule has 0 aliphatic rings. The fraction of sp³-hybridized carbons (Fsp3) is 0.400. The van der Waals surface area contributed by atoms with Gasteiger partial charge < -0.3 is 10.5 Å². The van der Waals surface area contributed by atoms with Crippen LogP contribution in [0.25, 0.3) is 5.52 Å². The van der Waals surface area contributed by atoms with Crippen LogP contribution in [0.15, 0.2) is 18.5 Å². The van der Waals surface area contributed by atoms with Gasteiger partial charge in [-0.25, -0.2) is 4.52 Å². The lowest BCUT2D eigenvalue weighted by atomic mass is 10.2. The van der Waals surface area contributed by atoms with Gasteiger partial charge in [-0.1, -0.05) is 0 Å². The van der Waals surface area contributed by atoms with E-state index in [-0.39, 0.29) is 6.04 Å². The van der Waals surface area contributed by atoms with Crippen molar-refractivity contribution in [3.63, 3.8) is 0 Å². The van der Waals surface area contributed by atoms with Gasteiger partial charge in [0.05, 0.1) is 7.11 Å². The Morgan fingerprint density at radius 3 is 3.00 bits per heavy atom. The third-order valence-electron chi connectivity index (χ3n) is 2.22. The molecule has 0 amide bonds. The van der Waals surface area contributed by atoms with Gasteiger partial charge in [-0.3, -0.25) is 0 Å². The Hall–Kier alpha value is -1.62. The molecule has 0 bridgehead atoms. The topological polar surface area (TPSA) is 65.4 Å². The predicted molar refractivity (Wildman–Crippen MR) is 56.9 cm³/mol. The summed E-state index contributed by atoms with van der Waals surface area (Å²) in [6, 6.07) is 4.05. The zero-order chi connectivity index (χ0) is 10.8. The third-order valence-corrected chi connectivity index (χ3v) is 2.22. The molecular weight excluding hydrogens is 192 g/mol. The Morgan fingerprint density at radius 2 is 2.33 bits per heavy atom. The summed E-state index contributed by atoms with van der Waals surface area (Å²) in [7, 11) is 1.60. The zero-order valence-corrected chi connectivity index (χ0v) is 8.84. The molecule has 2 N–H and O–H groups in total. The van der Waals surface area contributed by atoms with Crippen molar-refractivity contribution in [1.82, 2.24) is 14.6 Å². The van der Waals surface area contributed by atoms with Crippen molar-refractivity contribution in [1.29, 1.82) is 0 Å². The summed E-state index contributed by atoms with van der Waals surface area (Å²) < 4.78 is 6.96. The van der Waals surface area contributed by atoms with Crippen molar-refractivity contribution in [3.05, 3.63) is 24.2 Å². The maximum Gasteiger partial charge on any atom is 0.241 e. The molecule has 0 radical (unpaired) electrons. The molecule has 5 heteroatoms. The molecule has 1 unspecified atom stereocenters. The number of aromatic nitrogens is 3. The van der Waals surface area contributed by atoms with Crippen molar-refractivity contribution in [2.45, 2.75) is 19.4 Å². The van der Waals surface area contributed by atoms with Gasteiger partial charge in [0.25, 0.3) is 0 Å². The maximum atomic E-state index is 5.76. The Bertz CT molecular complexity index is 463. The average molecular weight is 206 g/mol. The Morgan fingerprint density at radius 1 is 1.53 bits per heavy atom. The minimum Gasteiger partial charge on any atom is -0.479 e. The molecule has 80 valence electrons. The summed E-state index contributed by atoms with van der Waals surface area (Å²) in [5.41, 5.74) is 7.70. The highest BCUT2D eigenvalue weighted by molar-refractivity contribution is 5.57. The zero-order valence-electron chi connectivity index (χ0n) is 8.84. The minimum atomic E-state index is 0.115. The van der Waals surface area contributed by atoms with Gasteiger partial charge in [0.15, 0.2) is 0 Å². The molecule has 2 rings (SSSR count). The van der Waals surface area contributed by atoms with Crippen molar-refractivity contribution < 1.29 is 4.74 Å². The first-order chi connectivity index (χ1) is 7.22. The van der Waals surface area contributed by atoms with Crippen molar-refractivity contribution >= 4 is 5.52 Å². The van der Waals surface area contributed by atoms with Gasteiger partial charge in [0.1, 0.15) is 11.8 Å². The molecule has 15 heavy (non-hydrogen) atoms. The smallest absolute Gasteiger partial charge is 0.241 e. The monoisotopic (exact) mass is 206 g/mol. The number of ether oxygens (including phenoxy) is 1. The number of hydrogen-bond donors (Lipinski definition) is 1. The molecule has 2 aromatic heterocycles. The summed E-state index contributed by atoms with van der Waals surface area (Å²) in [4.78, 5) is 4.03. The van der Waals surface area contributed by atoms with Gasteiger partial charge >= 0.3 is 0 Å². The lowest BCUT2D eigenvalue weighted by molar-refractivity contribution is 0.398. The van der Waals surface area contributed by atoms with E-state index in [1.54, 1.807) is 7.11 Å². The minimum absolute atomic E-state index is 0.115. The third kappa shape index (κ3) is 1.78. The predicted octanol–water partition coefficient (Wildman–Crippen LogP) is 0.628. The Kier molecular flexibility index (Phi) is 2.55. The average Bonchev–Trinajstić information content (AvgIpc) is 2.61. The van der Waals surface area contributed by atoms with Gasteiger partial charge in [0.2, 0.25) is 5.88 Å². The summed E-state index contributed by atoms with van der Waals surface area (Å²) in [5, 5.41) is 4.17. The molecule has 0 spiro atoms. The molecule has 0 saturated carbocycles. The maximum absolute atomic E-state index is 5.76. The largest absolute Gasteiger partial charge is 0.479 e. The van der Waals surface area contributed by atoms with Crippen LogP contribution in [0.1, 0.15) is 12.6 Å². The number of methoxy groups -OCH3 is 1. The van der Waals surface area contributed by atoms with Crippen LogP contribution in [0.3, 0.4) is 0 Å². The molecule has 0 fully saturated rings. The van der Waals surface area contributed by atoms with E-state index in [0.717, 1.165) is 17.6 Å². The summed E-state index contributed by atoms with van der Waals surface area (Å²) in [5.74, 6) is 0.584. The molecule has 0 saturated heterocycles. The van der Waals surface area contributed by atoms with Gasteiger partial charge in [-0.05, 0) is 19.1 Å². The van der Waals surface area contributed by atoms with E-state index in [4.69, 9.17) is 10.5 Å². The first kappa shape index (κ1) is 9.92. The van der Waals surface area contributed by atoms with Crippen LogP contribution in [0.2, 0.25) is 0 Å². The highest BCUT2D eigenvalue weighted by Gasteiger charge is 2.09. The second-order valence-electron chi connectivity index (χ2n) is 3.57. The highest BCUT2D eigenvalue weighted by atomic mass is 16.5. The number of nitrogens with two attached hydrogens (primary N) is 1. The first-order valence-corrected chi connectivity index (χ1v) is 4.83. The quantitative estimate of drug-likeness (QED) is 0.799. The van der Waals surface area contributed by atoms with Crippen LogP contribution in [0.5, 0.6) is 5.88 Å². The van der Waals surface area contributed by atoms with Crippen LogP contribution in [-0.2, 0) is 6.42 Å². The standard InChI is InChI=1S/C10H14N4O/c1-7(11)5-8-3-4-9-10(15-2)12-6-13-14(8)9/h3-4,6-7H,5,11H2,1-2H3. The second kappa shape index (κ2) is 3.86. The van der Waals surface area contributed by atoms with Crippen LogP contribution >= 0.6 is 0 Å². The van der Waals surface area contributed by atoms with Crippen molar-refractivity contribution in [2.75, 3.05) is 7.11 Å². The van der Waals surface area contributed by atoms with Crippen LogP contribution in [-0.4, -0.2) is 27.7 Å². The number of hydrogen-bond acceptors (Lipinski definition) is 4. The number of nitrogens with zero attached hydrogens (tertiary/aromatic N) is 3. The highest BCUT2D eigenvalue weighted by Crippen LogP contribution is 2.17. The van der Waals surface area contributed by atoms with Crippen molar-refractivity contribution in [2.24, 2.45) is 5.73 Å². The van der Waals surface area contributed by atoms with Crippen LogP contribution in [0, 0.1) is 0 Å². The van der Waals surface area contributed by atoms with E-state index in [1.807, 2.05) is 23.6 Å². The van der Waals surface area contributed by atoms with Crippen molar-refractivity contribution in [3.8, 4) is 5.88 Å². The van der Waals surface area contributed by atoms with E-state index < -0.39 is 0 Å². The number of rotatable bonds is 3.